The van der Waals surface area contributed by atoms with Crippen LogP contribution in [0.3, 0.4) is 0 Å². The van der Waals surface area contributed by atoms with Crippen LogP contribution in [0.15, 0.2) is 0 Å². The molecule has 2 rings (SSSR count). The van der Waals surface area contributed by atoms with Gasteiger partial charge < -0.3 is 10.2 Å². The largest absolute Gasteiger partial charge is 0.481 e. The highest BCUT2D eigenvalue weighted by Crippen LogP contribution is 2.68. The van der Waals surface area contributed by atoms with Crippen LogP contribution < -0.4 is 0 Å². The quantitative estimate of drug-likeness (QED) is 0.162. The molecule has 0 heterocycles. The summed E-state index contributed by atoms with van der Waals surface area (Å²) in [6.45, 7) is 0. The highest BCUT2D eigenvalue weighted by Gasteiger charge is 2.96. The van der Waals surface area contributed by atoms with Gasteiger partial charge in [0.05, 0.1) is 11.8 Å². The van der Waals surface area contributed by atoms with E-state index in [-0.39, 0.29) is 0 Å². The summed E-state index contributed by atoms with van der Waals surface area (Å²) in [5.41, 5.74) is 0. The Labute approximate surface area is 217 Å². The first-order valence-electron chi connectivity index (χ1n) is 9.72. The van der Waals surface area contributed by atoms with Crippen molar-refractivity contribution in [3.05, 3.63) is 0 Å². The molecule has 22 heteroatoms. The lowest BCUT2D eigenvalue weighted by atomic mass is 9.69. The number of hydrogen-bond donors (Lipinski definition) is 2. The zero-order valence-corrected chi connectivity index (χ0v) is 19.8. The van der Waals surface area contributed by atoms with E-state index in [2.05, 4.69) is 0 Å². The van der Waals surface area contributed by atoms with Crippen LogP contribution in [0, 0.1) is 29.6 Å². The van der Waals surface area contributed by atoms with Gasteiger partial charge >= 0.3 is 59.6 Å². The summed E-state index contributed by atoms with van der Waals surface area (Å²) in [6, 6.07) is 0. The van der Waals surface area contributed by atoms with Gasteiger partial charge in [-0.1, -0.05) is 22.6 Å². The summed E-state index contributed by atoms with van der Waals surface area (Å²) in [5, 5.41) is 18.3. The molecule has 2 aliphatic carbocycles. The first-order valence-corrected chi connectivity index (χ1v) is 11.0. The Kier molecular flexibility index (Phi) is 7.76. The topological polar surface area (TPSA) is 74.6 Å². The van der Waals surface area contributed by atoms with E-state index < -0.39 is 99.5 Å². The fourth-order valence-electron chi connectivity index (χ4n) is 4.87. The van der Waals surface area contributed by atoms with Gasteiger partial charge in [-0.05, 0) is 18.3 Å². The number of alkyl halides is 18. The number of carbonyl (C=O) groups is 2. The number of hydrogen-bond acceptors (Lipinski definition) is 2. The molecule has 0 amide bonds. The summed E-state index contributed by atoms with van der Waals surface area (Å²) in [7, 11) is 0. The van der Waals surface area contributed by atoms with Crippen LogP contribution in [-0.4, -0.2) is 73.7 Å². The van der Waals surface area contributed by atoms with Crippen LogP contribution >= 0.6 is 22.6 Å². The van der Waals surface area contributed by atoms with Gasteiger partial charge in [-0.15, -0.1) is 0 Å². The van der Waals surface area contributed by atoms with Crippen molar-refractivity contribution in [2.24, 2.45) is 29.6 Å². The molecule has 6 unspecified atom stereocenters. The molecule has 0 radical (unpaired) electrons. The zero-order chi connectivity index (χ0) is 31.3. The Morgan fingerprint density at radius 3 is 1.18 bits per heavy atom. The van der Waals surface area contributed by atoms with E-state index in [1.807, 2.05) is 0 Å². The maximum Gasteiger partial charge on any atom is 0.460 e. The third kappa shape index (κ3) is 4.05. The van der Waals surface area contributed by atoms with Gasteiger partial charge in [0.1, 0.15) is 0 Å². The predicted octanol–water partition coefficient (Wildman–Crippen LogP) is 6.47. The second kappa shape index (κ2) is 8.99. The number of fused-ring (bicyclic) bond motifs is 2. The highest BCUT2D eigenvalue weighted by atomic mass is 127. The smallest absolute Gasteiger partial charge is 0.460 e. The second-order valence-corrected chi connectivity index (χ2v) is 10.3. The van der Waals surface area contributed by atoms with E-state index in [0.717, 1.165) is 22.6 Å². The molecule has 2 fully saturated rings. The van der Waals surface area contributed by atoms with Crippen molar-refractivity contribution < 1.29 is 94.4 Å². The normalized spacial score (nSPS) is 29.6. The molecule has 0 aromatic carbocycles. The van der Waals surface area contributed by atoms with Crippen LogP contribution in [0.1, 0.15) is 6.42 Å². The Bertz CT molecular complexity index is 1010. The van der Waals surface area contributed by atoms with Gasteiger partial charge in [0.25, 0.3) is 0 Å². The average Bonchev–Trinajstić information content (AvgIpc) is 3.27. The van der Waals surface area contributed by atoms with Crippen LogP contribution in [0.4, 0.5) is 74.6 Å². The van der Waals surface area contributed by atoms with Crippen LogP contribution in [0.2, 0.25) is 0 Å². The molecule has 4 nitrogen and oxygen atoms in total. The molecule has 0 aliphatic heterocycles. The van der Waals surface area contributed by atoms with Crippen molar-refractivity contribution in [1.82, 2.24) is 0 Å². The fraction of sp³-hybridized carbons (Fsp3) is 0.882. The minimum Gasteiger partial charge on any atom is -0.481 e. The zero-order valence-electron chi connectivity index (χ0n) is 17.7. The van der Waals surface area contributed by atoms with Crippen LogP contribution in [0.5, 0.6) is 0 Å². The van der Waals surface area contributed by atoms with Crippen molar-refractivity contribution in [3.8, 4) is 0 Å². The second-order valence-electron chi connectivity index (χ2n) is 8.83. The molecule has 2 saturated carbocycles. The van der Waals surface area contributed by atoms with Gasteiger partial charge in [-0.25, -0.2) is 0 Å². The molecule has 2 aliphatic rings. The van der Waals surface area contributed by atoms with Gasteiger partial charge in [0.2, 0.25) is 0 Å². The summed E-state index contributed by atoms with van der Waals surface area (Å²) in [5.74, 6) is -74.4. The van der Waals surface area contributed by atoms with Crippen molar-refractivity contribution in [2.75, 3.05) is 0 Å². The average molecular weight is 728 g/mol. The standard InChI is InChI=1S/C17H10F17IO4/c18-10(19,6-2-1-3(7(6)35)5(9(38)39)4(2)8(36)37)11(20,21)12(22,23)13(24,25)14(26,27)15(28,29)16(30,31)17(32,33)34/h2-7H,1H2,(H,36,37)(H,38,39). The van der Waals surface area contributed by atoms with Crippen LogP contribution in [-0.2, 0) is 9.59 Å². The van der Waals surface area contributed by atoms with E-state index >= 15 is 0 Å². The summed E-state index contributed by atoms with van der Waals surface area (Å²) in [6.07, 6.45) is -8.90. The van der Waals surface area contributed by atoms with Crippen molar-refractivity contribution in [3.63, 3.8) is 0 Å². The maximum atomic E-state index is 14.8. The minimum atomic E-state index is -8.77. The van der Waals surface area contributed by atoms with Gasteiger partial charge in [-0.3, -0.25) is 9.59 Å². The maximum absolute atomic E-state index is 14.8. The molecule has 6 atom stereocenters. The highest BCUT2D eigenvalue weighted by molar-refractivity contribution is 14.1. The number of rotatable bonds is 9. The first-order chi connectivity index (χ1) is 16.9. The monoisotopic (exact) mass is 728 g/mol. The minimum absolute atomic E-state index is 0.737. The van der Waals surface area contributed by atoms with Crippen molar-refractivity contribution >= 4 is 34.5 Å². The van der Waals surface area contributed by atoms with E-state index in [0.29, 0.717) is 0 Å². The molecule has 2 bridgehead atoms. The Balaban J connectivity index is 2.65. The number of halogens is 18. The molecule has 2 N–H and O–H groups in total. The Hall–Kier alpha value is -1.52. The molecule has 228 valence electrons. The summed E-state index contributed by atoms with van der Waals surface area (Å²) in [4.78, 5) is 22.7. The molecule has 0 aromatic rings. The summed E-state index contributed by atoms with van der Waals surface area (Å²) < 4.78 is 229. The van der Waals surface area contributed by atoms with Gasteiger partial charge in [-0.2, -0.15) is 74.6 Å². The first kappa shape index (κ1) is 33.7. The molecule has 0 aromatic heterocycles. The van der Waals surface area contributed by atoms with Crippen molar-refractivity contribution in [1.29, 1.82) is 0 Å². The third-order valence-electron chi connectivity index (χ3n) is 6.80. The predicted molar refractivity (Wildman–Crippen MR) is 95.8 cm³/mol. The molecule has 0 saturated heterocycles. The lowest BCUT2D eigenvalue weighted by Gasteiger charge is -2.46. The molecule has 39 heavy (non-hydrogen) atoms. The van der Waals surface area contributed by atoms with E-state index in [9.17, 15) is 84.2 Å². The van der Waals surface area contributed by atoms with Crippen molar-refractivity contribution in [2.45, 2.75) is 58.0 Å². The molecular formula is C17H10F17IO4. The lowest BCUT2D eigenvalue weighted by Crippen LogP contribution is -2.75. The Morgan fingerprint density at radius 1 is 0.538 bits per heavy atom. The SMILES string of the molecule is O=C(O)C1C2CC(C1C(=O)O)C(C(F)(F)C(F)(F)C(F)(F)C(F)(F)C(F)(F)C(F)(F)C(F)(F)C(F)(F)F)C2I. The van der Waals surface area contributed by atoms with Gasteiger partial charge in [0, 0.05) is 9.84 Å². The molecule has 0 spiro atoms. The van der Waals surface area contributed by atoms with E-state index in [4.69, 9.17) is 10.2 Å². The van der Waals surface area contributed by atoms with Crippen LogP contribution in [0.25, 0.3) is 0 Å². The number of carboxylic acid groups (broad SMARTS) is 2. The Morgan fingerprint density at radius 2 is 0.846 bits per heavy atom. The number of carboxylic acids is 2. The molecular weight excluding hydrogens is 718 g/mol. The number of aliphatic carboxylic acids is 2. The lowest BCUT2D eigenvalue weighted by molar-refractivity contribution is -0.463. The summed E-state index contributed by atoms with van der Waals surface area (Å²) >= 11 is 0.737. The fourth-order valence-corrected chi connectivity index (χ4v) is 6.59. The third-order valence-corrected chi connectivity index (χ3v) is 8.50. The van der Waals surface area contributed by atoms with E-state index in [1.165, 1.54) is 0 Å². The van der Waals surface area contributed by atoms with E-state index in [1.54, 1.807) is 0 Å². The van der Waals surface area contributed by atoms with Gasteiger partial charge in [0.15, 0.2) is 0 Å².